The Balaban J connectivity index is 3.62. The normalized spacial score (nSPS) is 11.1. The monoisotopic (exact) mass is 222 g/mol. The van der Waals surface area contributed by atoms with Crippen LogP contribution in [0.4, 0.5) is 0 Å². The average molecular weight is 223 g/mol. The molecule has 0 aliphatic rings. The van der Waals surface area contributed by atoms with Crippen LogP contribution in [0.1, 0.15) is 0 Å². The van der Waals surface area contributed by atoms with Gasteiger partial charge in [0, 0.05) is 14.2 Å². The molecule has 0 radical (unpaired) electrons. The third kappa shape index (κ3) is 3.95. The molecule has 0 aliphatic heterocycles. The van der Waals surface area contributed by atoms with Crippen molar-refractivity contribution >= 4 is 39.6 Å². The molecule has 0 saturated carbocycles. The Bertz CT molecular complexity index is 79.0. The molecule has 0 fully saturated rings. The maximum Gasteiger partial charge on any atom is 0.471 e. The zero-order chi connectivity index (χ0) is 7.33. The third-order valence-corrected chi connectivity index (χ3v) is 11.1. The molecule has 0 saturated heterocycles. The van der Waals surface area contributed by atoms with E-state index in [9.17, 15) is 0 Å². The summed E-state index contributed by atoms with van der Waals surface area (Å²) in [7, 11) is 1.78. The summed E-state index contributed by atoms with van der Waals surface area (Å²) in [5.41, 5.74) is 0. The van der Waals surface area contributed by atoms with Crippen molar-refractivity contribution < 1.29 is 8.85 Å². The first-order valence-corrected chi connectivity index (χ1v) is 10.3. The minimum Gasteiger partial charge on any atom is -0.399 e. The van der Waals surface area contributed by atoms with Crippen molar-refractivity contribution in [2.75, 3.05) is 14.2 Å². The first-order chi connectivity index (χ1) is 4.18. The summed E-state index contributed by atoms with van der Waals surface area (Å²) in [4.78, 5) is 0. The van der Waals surface area contributed by atoms with Gasteiger partial charge in [0.25, 0.3) is 0 Å². The minimum absolute atomic E-state index is 0.0879. The predicted octanol–water partition coefficient (Wildman–Crippen LogP) is 1.32. The van der Waals surface area contributed by atoms with Gasteiger partial charge in [0.2, 0.25) is 0 Å². The average Bonchev–Trinajstić information content (AvgIpc) is 1.89. The van der Waals surface area contributed by atoms with Crippen LogP contribution in [-0.4, -0.2) is 41.0 Å². The number of hydrogen-bond acceptors (Lipinski definition) is 2. The van der Waals surface area contributed by atoms with E-state index in [1.165, 1.54) is 0 Å². The number of halogens is 1. The fourth-order valence-electron chi connectivity index (χ4n) is 0.459. The predicted molar refractivity (Wildman–Crippen MR) is 45.1 cm³/mol. The summed E-state index contributed by atoms with van der Waals surface area (Å²) in [6, 6.07) is 0. The highest BCUT2D eigenvalue weighted by atomic mass is 79.9. The van der Waals surface area contributed by atoms with Crippen LogP contribution in [0.5, 0.6) is 0 Å². The SMILES string of the molecule is CO[Si](C)([CH2][Mg][Br])OC. The van der Waals surface area contributed by atoms with E-state index in [1.807, 2.05) is 0 Å². The van der Waals surface area contributed by atoms with Gasteiger partial charge in [-0.2, -0.15) is 0 Å². The summed E-state index contributed by atoms with van der Waals surface area (Å²) in [5, 5.41) is 0. The van der Waals surface area contributed by atoms with Crippen LogP contribution in [-0.2, 0) is 8.85 Å². The highest BCUT2D eigenvalue weighted by Gasteiger charge is 2.27. The Morgan fingerprint density at radius 2 is 1.89 bits per heavy atom. The van der Waals surface area contributed by atoms with E-state index < -0.39 is 8.56 Å². The van der Waals surface area contributed by atoms with Crippen molar-refractivity contribution in [3.05, 3.63) is 0 Å². The van der Waals surface area contributed by atoms with Gasteiger partial charge in [0.15, 0.2) is 0 Å². The van der Waals surface area contributed by atoms with Crippen LogP contribution < -0.4 is 0 Å². The maximum atomic E-state index is 5.25. The van der Waals surface area contributed by atoms with Crippen molar-refractivity contribution in [3.63, 3.8) is 0 Å². The fourth-order valence-corrected chi connectivity index (χ4v) is 10.1. The molecule has 0 aromatic heterocycles. The van der Waals surface area contributed by atoms with Crippen LogP contribution in [0.25, 0.3) is 0 Å². The van der Waals surface area contributed by atoms with Gasteiger partial charge < -0.3 is 21.7 Å². The molecule has 0 amide bonds. The smallest absolute Gasteiger partial charge is 0.399 e. The lowest BCUT2D eigenvalue weighted by molar-refractivity contribution is 0.255. The molecule has 0 heterocycles. The third-order valence-electron chi connectivity index (χ3n) is 1.41. The highest BCUT2D eigenvalue weighted by molar-refractivity contribution is 9.23. The lowest BCUT2D eigenvalue weighted by Crippen LogP contribution is -2.36. The topological polar surface area (TPSA) is 18.5 Å². The van der Waals surface area contributed by atoms with E-state index in [0.29, 0.717) is 0 Å². The molecule has 0 bridgehead atoms. The van der Waals surface area contributed by atoms with E-state index in [1.54, 1.807) is 14.2 Å². The Hall–Kier alpha value is 1.38. The summed E-state index contributed by atoms with van der Waals surface area (Å²) in [6.45, 7) is 2.08. The first-order valence-electron chi connectivity index (χ1n) is 2.85. The summed E-state index contributed by atoms with van der Waals surface area (Å²) in [5.74, 6) is 0. The van der Waals surface area contributed by atoms with Crippen LogP contribution in [0.2, 0.25) is 10.7 Å². The van der Waals surface area contributed by atoms with Gasteiger partial charge in [-0.25, -0.2) is 0 Å². The molecular weight excluding hydrogens is 212 g/mol. The Morgan fingerprint density at radius 3 is 2.00 bits per heavy atom. The first kappa shape index (κ1) is 10.4. The molecular formula is C4H11BrMgO2Si. The second kappa shape index (κ2) is 5.09. The van der Waals surface area contributed by atoms with Crippen molar-refractivity contribution in [1.29, 1.82) is 0 Å². The zero-order valence-electron chi connectivity index (χ0n) is 6.11. The largest absolute Gasteiger partial charge is 0.471 e. The van der Waals surface area contributed by atoms with E-state index in [2.05, 4.69) is 19.4 Å². The van der Waals surface area contributed by atoms with Gasteiger partial charge in [-0.1, -0.05) is 4.17 Å². The zero-order valence-corrected chi connectivity index (χ0v) is 10.1. The molecule has 0 aromatic carbocycles. The molecule has 0 N–H and O–H groups in total. The van der Waals surface area contributed by atoms with Crippen LogP contribution in [0, 0.1) is 0 Å². The number of hydrogen-bond donors (Lipinski definition) is 0. The van der Waals surface area contributed by atoms with Gasteiger partial charge >= 0.3 is 26.8 Å². The fraction of sp³-hybridized carbons (Fsp3) is 1.00. The molecule has 0 spiro atoms. The molecule has 0 aliphatic carbocycles. The van der Waals surface area contributed by atoms with Gasteiger partial charge in [0.1, 0.15) is 0 Å². The molecule has 5 heteroatoms. The highest BCUT2D eigenvalue weighted by Crippen LogP contribution is 2.10. The Labute approximate surface area is 73.1 Å². The van der Waals surface area contributed by atoms with E-state index in [4.69, 9.17) is 8.85 Å². The van der Waals surface area contributed by atoms with Gasteiger partial charge in [-0.3, -0.25) is 0 Å². The lowest BCUT2D eigenvalue weighted by atomic mass is 11.8. The second-order valence-corrected chi connectivity index (χ2v) is 9.82. The minimum atomic E-state index is -1.68. The van der Waals surface area contributed by atoms with Crippen molar-refractivity contribution in [1.82, 2.24) is 0 Å². The van der Waals surface area contributed by atoms with Crippen molar-refractivity contribution in [3.8, 4) is 0 Å². The van der Waals surface area contributed by atoms with E-state index in [-0.39, 0.29) is 18.2 Å². The number of rotatable bonds is 4. The molecule has 0 rings (SSSR count). The van der Waals surface area contributed by atoms with Crippen LogP contribution in [0.3, 0.4) is 0 Å². The standard InChI is InChI=1S/C4H11O2Si.BrH.Mg/c1-5-7(3,4)6-2;;/h3H2,1-2,4H3;1H;/q;;+1/p-1. The van der Waals surface area contributed by atoms with Crippen LogP contribution in [0.15, 0.2) is 0 Å². The molecule has 0 unspecified atom stereocenters. The molecule has 52 valence electrons. The van der Waals surface area contributed by atoms with Crippen molar-refractivity contribution in [2.45, 2.75) is 10.7 Å². The molecule has 0 atom stereocenters. The summed E-state index contributed by atoms with van der Waals surface area (Å²) in [6.07, 6.45) is 0. The lowest BCUT2D eigenvalue weighted by Gasteiger charge is -2.21. The summed E-state index contributed by atoms with van der Waals surface area (Å²) < 4.78 is 11.6. The quantitative estimate of drug-likeness (QED) is 0.669. The Kier molecular flexibility index (Phi) is 5.87. The van der Waals surface area contributed by atoms with Gasteiger partial charge in [0.05, 0.1) is 0 Å². The molecule has 2 nitrogen and oxygen atoms in total. The molecule has 0 aromatic rings. The maximum absolute atomic E-state index is 5.25. The summed E-state index contributed by atoms with van der Waals surface area (Å²) >= 11 is 3.39. The van der Waals surface area contributed by atoms with Crippen LogP contribution >= 0.6 is 12.9 Å². The van der Waals surface area contributed by atoms with Crippen molar-refractivity contribution in [2.24, 2.45) is 0 Å². The van der Waals surface area contributed by atoms with E-state index >= 15 is 0 Å². The van der Waals surface area contributed by atoms with E-state index in [0.717, 1.165) is 4.17 Å². The Morgan fingerprint density at radius 1 is 1.44 bits per heavy atom. The van der Waals surface area contributed by atoms with Gasteiger partial charge in [-0.15, -0.1) is 0 Å². The molecule has 9 heavy (non-hydrogen) atoms. The van der Waals surface area contributed by atoms with Gasteiger partial charge in [-0.05, 0) is 6.55 Å². The second-order valence-electron chi connectivity index (χ2n) is 1.98.